The van der Waals surface area contributed by atoms with Crippen LogP contribution >= 0.6 is 0 Å². The van der Waals surface area contributed by atoms with E-state index in [4.69, 9.17) is 9.47 Å². The Balaban J connectivity index is 0.000000111. The number of benzene rings is 20. The van der Waals surface area contributed by atoms with Gasteiger partial charge in [0, 0.05) is 28.2 Å². The van der Waals surface area contributed by atoms with Crippen LogP contribution in [-0.4, -0.2) is 28.2 Å². The highest BCUT2D eigenvalue weighted by Gasteiger charge is 2.29. The van der Waals surface area contributed by atoms with Gasteiger partial charge in [-0.2, -0.15) is 0 Å². The molecule has 6 heteroatoms. The normalized spacial score (nSPS) is 12.4. The van der Waals surface area contributed by atoms with Crippen molar-refractivity contribution in [2.75, 3.05) is 47.8 Å². The predicted octanol–water partition coefficient (Wildman–Crippen LogP) is 31.3. The van der Waals surface area contributed by atoms with E-state index in [1.54, 1.807) is 0 Å². The highest BCUT2D eigenvalue weighted by Crippen LogP contribution is 2.55. The van der Waals surface area contributed by atoms with E-state index in [9.17, 15) is 0 Å². The van der Waals surface area contributed by atoms with Gasteiger partial charge in [0.25, 0.3) is 0 Å². The molecule has 0 saturated heterocycles. The third kappa shape index (κ3) is 12.4. The Kier molecular flexibility index (Phi) is 17.7. The first-order valence-corrected chi connectivity index (χ1v) is 41.0. The molecule has 0 fully saturated rings. The van der Waals surface area contributed by atoms with Crippen LogP contribution in [0.4, 0.5) is 45.5 Å². The predicted molar refractivity (Wildman–Crippen MR) is 506 cm³/mol. The number of anilines is 8. The number of hydrogen-bond acceptors (Lipinski definition) is 6. The van der Waals surface area contributed by atoms with Crippen molar-refractivity contribution in [2.24, 2.45) is 0 Å². The van der Waals surface area contributed by atoms with Gasteiger partial charge in [-0.25, -0.2) is 0 Å². The Hall–Kier alpha value is -15.0. The van der Waals surface area contributed by atoms with E-state index in [1.807, 2.05) is 24.3 Å². The van der Waals surface area contributed by atoms with E-state index in [1.165, 1.54) is 193 Å². The monoisotopic (exact) mass is 1530 g/mol. The Bertz CT molecular complexity index is 7480. The molecule has 23 rings (SSSR count). The second-order valence-electron chi connectivity index (χ2n) is 31.8. The van der Waals surface area contributed by atoms with Crippen LogP contribution in [0.2, 0.25) is 0 Å². The van der Waals surface area contributed by atoms with Crippen LogP contribution in [0.5, 0.6) is 23.0 Å². The molecule has 20 aromatic carbocycles. The molecule has 0 atom stereocenters. The minimum Gasteiger partial charge on any atom is -0.453 e. The number of nitrogens with zero attached hydrogens (tertiary/aromatic N) is 4. The van der Waals surface area contributed by atoms with Crippen LogP contribution in [-0.2, 0) is 0 Å². The Morgan fingerprint density at radius 3 is 0.882 bits per heavy atom. The lowest BCUT2D eigenvalue weighted by molar-refractivity contribution is 0.475. The first-order chi connectivity index (χ1) is 58.4. The number of hydrogen-bond donors (Lipinski definition) is 0. The summed E-state index contributed by atoms with van der Waals surface area (Å²) < 4.78 is 12.6. The summed E-state index contributed by atoms with van der Waals surface area (Å²) in [5.41, 5.74) is 30.4. The van der Waals surface area contributed by atoms with Crippen molar-refractivity contribution in [2.45, 2.75) is 20.8 Å². The van der Waals surface area contributed by atoms with Crippen LogP contribution in [0.3, 0.4) is 0 Å². The molecule has 0 spiro atoms. The molecule has 3 heterocycles. The first-order valence-electron chi connectivity index (χ1n) is 41.0. The molecule has 0 radical (unpaired) electrons. The lowest BCUT2D eigenvalue weighted by atomic mass is 9.85. The van der Waals surface area contributed by atoms with Gasteiger partial charge in [-0.15, -0.1) is 0 Å². The summed E-state index contributed by atoms with van der Waals surface area (Å²) in [5.74, 6) is 3.53. The summed E-state index contributed by atoms with van der Waals surface area (Å²) in [4.78, 5) is 9.09. The Labute approximate surface area is 694 Å². The molecule has 0 aliphatic carbocycles. The van der Waals surface area contributed by atoms with Gasteiger partial charge in [-0.3, -0.25) is 0 Å². The van der Waals surface area contributed by atoms with Crippen molar-refractivity contribution in [1.29, 1.82) is 0 Å². The summed E-state index contributed by atoms with van der Waals surface area (Å²) in [6.45, 7) is 6.55. The van der Waals surface area contributed by atoms with Gasteiger partial charge in [-0.05, 0) is 253 Å². The molecule has 0 N–H and O–H groups in total. The van der Waals surface area contributed by atoms with Gasteiger partial charge in [0.15, 0.2) is 23.0 Å². The zero-order chi connectivity index (χ0) is 80.1. The SMILES string of the molecule is Cc1ccc2c(-c3ccc(-c4ccccc4)cc3)c3ccccc3c(-c3ccc4c(c3)N(C)c3ccccc3N4C)c2c1.Cc1ccc2c(-c3ccc4ccccc4c3)c3ccccc3c(-c3ccc4c(c3)N(C)c3ccccc3O4)c2c1.Cc1ccc2c(-c3ccccc3)c3ccccc3c(-c3ccc4c(c3)N(C)c3ccccc3O4)c2c1. The minimum atomic E-state index is 0.877. The maximum absolute atomic E-state index is 6.30. The fourth-order valence-electron chi connectivity index (χ4n) is 18.9. The molecule has 6 nitrogen and oxygen atoms in total. The smallest absolute Gasteiger partial charge is 0.151 e. The molecular weight excluding hydrogens is 1450 g/mol. The number of para-hydroxylation sites is 6. The van der Waals surface area contributed by atoms with Gasteiger partial charge >= 0.3 is 0 Å². The molecule has 3 aliphatic heterocycles. The van der Waals surface area contributed by atoms with Gasteiger partial charge in [0.2, 0.25) is 0 Å². The van der Waals surface area contributed by atoms with E-state index in [2.05, 4.69) is 426 Å². The third-order valence-corrected chi connectivity index (χ3v) is 24.6. The molecule has 0 saturated carbocycles. The van der Waals surface area contributed by atoms with Crippen LogP contribution < -0.4 is 29.1 Å². The number of fused-ring (bicyclic) bond motifs is 13. The number of ether oxygens (including phenoxy) is 2. The number of aryl methyl sites for hydroxylation is 3. The summed E-state index contributed by atoms with van der Waals surface area (Å²) in [6.07, 6.45) is 0. The Morgan fingerprint density at radius 2 is 0.429 bits per heavy atom. The fraction of sp³-hybridized carbons (Fsp3) is 0.0619. The van der Waals surface area contributed by atoms with Crippen molar-refractivity contribution in [3.05, 3.63) is 399 Å². The highest BCUT2D eigenvalue weighted by molar-refractivity contribution is 6.25. The number of rotatable bonds is 7. The van der Waals surface area contributed by atoms with Crippen LogP contribution in [0, 0.1) is 20.8 Å². The maximum atomic E-state index is 6.30. The zero-order valence-electron chi connectivity index (χ0n) is 67.5. The largest absolute Gasteiger partial charge is 0.453 e. The zero-order valence-corrected chi connectivity index (χ0v) is 67.5. The van der Waals surface area contributed by atoms with Crippen LogP contribution in [0.1, 0.15) is 16.7 Å². The van der Waals surface area contributed by atoms with Crippen molar-refractivity contribution < 1.29 is 9.47 Å². The fourth-order valence-corrected chi connectivity index (χ4v) is 18.9. The molecule has 0 bridgehead atoms. The molecule has 0 unspecified atom stereocenters. The van der Waals surface area contributed by atoms with Crippen molar-refractivity contribution in [1.82, 2.24) is 0 Å². The van der Waals surface area contributed by atoms with E-state index < -0.39 is 0 Å². The third-order valence-electron chi connectivity index (χ3n) is 24.6. The van der Waals surface area contributed by atoms with Crippen LogP contribution in [0.25, 0.3) is 153 Å². The lowest BCUT2D eigenvalue weighted by Crippen LogP contribution is -2.24. The van der Waals surface area contributed by atoms with Crippen LogP contribution in [0.15, 0.2) is 382 Å². The lowest BCUT2D eigenvalue weighted by Gasteiger charge is -2.36. The highest BCUT2D eigenvalue weighted by atomic mass is 16.5. The second-order valence-corrected chi connectivity index (χ2v) is 31.8. The molecule has 0 amide bonds. The van der Waals surface area contributed by atoms with Gasteiger partial charge < -0.3 is 29.1 Å². The average Bonchev–Trinajstić information content (AvgIpc) is 0.733. The van der Waals surface area contributed by atoms with Crippen molar-refractivity contribution in [3.63, 3.8) is 0 Å². The summed E-state index contributed by atoms with van der Waals surface area (Å²) in [6, 6.07) is 138. The van der Waals surface area contributed by atoms with E-state index in [0.29, 0.717) is 0 Å². The molecule has 568 valence electrons. The molecule has 3 aliphatic rings. The standard InChI is InChI=1S/C41H32N2.C38H27NO.C34H25NO/c1-27-17-23-34-35(25-27)41(31-22-24-38-39(26-31)43(3)37-16-10-9-15-36(37)42(38)2)33-14-8-7-13-32(33)40(34)30-20-18-29(19-21-30)28-11-5-4-6-12-28;1-24-15-19-31-32(21-24)38(28-18-20-36-34(23-28)39(2)33-13-7-8-14-35(33)40-36)30-12-6-5-11-29(30)37(31)27-17-16-25-9-3-4-10-26(25)22-27;1-22-16-18-27-28(20-22)34(26-13-7-6-12-25(26)33(27)23-10-4-3-5-11-23)24-17-19-32-30(21-24)35(2)29-14-8-9-15-31(29)36-32/h4-26H,1-3H3;3-23H,1-2H3;3-21H,1-2H3. The summed E-state index contributed by atoms with van der Waals surface area (Å²) in [7, 11) is 8.57. The van der Waals surface area contributed by atoms with Gasteiger partial charge in [-0.1, -0.05) is 320 Å². The first kappa shape index (κ1) is 71.8. The van der Waals surface area contributed by atoms with Gasteiger partial charge in [0.05, 0.1) is 45.5 Å². The van der Waals surface area contributed by atoms with E-state index in [-0.39, 0.29) is 0 Å². The Morgan fingerprint density at radius 1 is 0.160 bits per heavy atom. The molecule has 0 aromatic heterocycles. The molecule has 20 aromatic rings. The quantitative estimate of drug-likeness (QED) is 0.148. The minimum absolute atomic E-state index is 0.877. The van der Waals surface area contributed by atoms with E-state index >= 15 is 0 Å². The topological polar surface area (TPSA) is 31.4 Å². The summed E-state index contributed by atoms with van der Waals surface area (Å²) in [5, 5.41) is 17.7. The maximum Gasteiger partial charge on any atom is 0.151 e. The van der Waals surface area contributed by atoms with Crippen molar-refractivity contribution >= 4 is 121 Å². The average molecular weight is 1530 g/mol. The molecular formula is C113H84N4O2. The van der Waals surface area contributed by atoms with E-state index in [0.717, 1.165) is 45.7 Å². The molecule has 119 heavy (non-hydrogen) atoms. The van der Waals surface area contributed by atoms with Gasteiger partial charge in [0.1, 0.15) is 0 Å². The van der Waals surface area contributed by atoms with Crippen molar-refractivity contribution in [3.8, 4) is 101 Å². The summed E-state index contributed by atoms with van der Waals surface area (Å²) >= 11 is 0. The second kappa shape index (κ2) is 29.4.